The zero-order chi connectivity index (χ0) is 19.6. The zero-order valence-electron chi connectivity index (χ0n) is 14.0. The molecule has 0 aromatic heterocycles. The van der Waals surface area contributed by atoms with E-state index in [1.165, 1.54) is 0 Å². The van der Waals surface area contributed by atoms with Crippen LogP contribution in [0, 0.1) is 0 Å². The predicted molar refractivity (Wildman–Crippen MR) is 80.2 cm³/mol. The van der Waals surface area contributed by atoms with E-state index in [9.17, 15) is 35.4 Å². The van der Waals surface area contributed by atoms with Gasteiger partial charge in [0.2, 0.25) is 5.91 Å². The Kier molecular flexibility index (Phi) is 7.27. The summed E-state index contributed by atoms with van der Waals surface area (Å²) in [6, 6.07) is -1.29. The summed E-state index contributed by atoms with van der Waals surface area (Å²) >= 11 is 0. The third-order valence-corrected chi connectivity index (χ3v) is 4.38. The normalized spacial score (nSPS) is 46.8. The van der Waals surface area contributed by atoms with Crippen molar-refractivity contribution < 1.29 is 54.8 Å². The van der Waals surface area contributed by atoms with Crippen LogP contribution in [0.4, 0.5) is 0 Å². The zero-order valence-corrected chi connectivity index (χ0v) is 14.0. The summed E-state index contributed by atoms with van der Waals surface area (Å²) in [4.78, 5) is 11.4. The minimum atomic E-state index is -1.76. The number of ether oxygens (including phenoxy) is 3. The highest BCUT2D eigenvalue weighted by Crippen LogP contribution is 2.28. The standard InChI is InChI=1S/C14H25NO11/c1-4(18)15-7-10(21)8(19)6(3-17)25-14(7)26-12-11(22)9(20)5(2-16)24-13(12)23/h5-14,16-17,19-23H,2-3H2,1H3,(H,15,18)/t5-,6-,7-,8-,9-,10-,11+,12+,13-,14+/m1/s1. The lowest BCUT2D eigenvalue weighted by Gasteiger charge is -2.46. The van der Waals surface area contributed by atoms with Gasteiger partial charge in [-0.25, -0.2) is 0 Å². The van der Waals surface area contributed by atoms with E-state index in [0.717, 1.165) is 6.92 Å². The molecular weight excluding hydrogens is 358 g/mol. The van der Waals surface area contributed by atoms with Crippen molar-refractivity contribution in [3.8, 4) is 0 Å². The lowest BCUT2D eigenvalue weighted by atomic mass is 9.96. The Hall–Kier alpha value is -0.930. The molecule has 0 bridgehead atoms. The van der Waals surface area contributed by atoms with Crippen LogP contribution < -0.4 is 5.32 Å². The molecule has 0 unspecified atom stereocenters. The van der Waals surface area contributed by atoms with E-state index in [0.29, 0.717) is 0 Å². The van der Waals surface area contributed by atoms with E-state index in [-0.39, 0.29) is 0 Å². The first-order valence-corrected chi connectivity index (χ1v) is 8.06. The maximum Gasteiger partial charge on any atom is 0.217 e. The van der Waals surface area contributed by atoms with Crippen LogP contribution in [-0.2, 0) is 19.0 Å². The van der Waals surface area contributed by atoms with Gasteiger partial charge in [0.15, 0.2) is 12.6 Å². The van der Waals surface area contributed by atoms with Gasteiger partial charge in [-0.15, -0.1) is 0 Å². The van der Waals surface area contributed by atoms with E-state index < -0.39 is 80.5 Å². The molecule has 0 aliphatic carbocycles. The summed E-state index contributed by atoms with van der Waals surface area (Å²) in [5.41, 5.74) is 0. The van der Waals surface area contributed by atoms with Gasteiger partial charge in [-0.1, -0.05) is 0 Å². The first kappa shape index (κ1) is 21.4. The second kappa shape index (κ2) is 8.84. The average molecular weight is 383 g/mol. The number of aliphatic hydroxyl groups excluding tert-OH is 7. The van der Waals surface area contributed by atoms with Gasteiger partial charge < -0.3 is 55.3 Å². The van der Waals surface area contributed by atoms with Crippen molar-refractivity contribution in [2.24, 2.45) is 0 Å². The van der Waals surface area contributed by atoms with E-state index in [1.807, 2.05) is 0 Å². The molecule has 152 valence electrons. The molecule has 2 aliphatic heterocycles. The monoisotopic (exact) mass is 383 g/mol. The molecule has 1 amide bonds. The number of rotatable bonds is 5. The third-order valence-electron chi connectivity index (χ3n) is 4.38. The number of nitrogens with one attached hydrogen (secondary N) is 1. The largest absolute Gasteiger partial charge is 0.394 e. The molecule has 12 heteroatoms. The molecule has 12 nitrogen and oxygen atoms in total. The van der Waals surface area contributed by atoms with E-state index in [1.54, 1.807) is 0 Å². The molecule has 0 radical (unpaired) electrons. The molecule has 2 saturated heterocycles. The van der Waals surface area contributed by atoms with Gasteiger partial charge in [0.1, 0.15) is 48.8 Å². The van der Waals surface area contributed by atoms with Crippen LogP contribution in [-0.4, -0.2) is 116 Å². The molecule has 0 aromatic rings. The Morgan fingerprint density at radius 3 is 2.00 bits per heavy atom. The predicted octanol–water partition coefficient (Wildman–Crippen LogP) is -5.25. The summed E-state index contributed by atoms with van der Waals surface area (Å²) in [6.07, 6.45) is -13.7. The maximum absolute atomic E-state index is 11.4. The van der Waals surface area contributed by atoms with Crippen LogP contribution in [0.15, 0.2) is 0 Å². The third kappa shape index (κ3) is 4.31. The summed E-state index contributed by atoms with van der Waals surface area (Å²) in [5.74, 6) is -0.581. The number of hydrogen-bond acceptors (Lipinski definition) is 11. The summed E-state index contributed by atoms with van der Waals surface area (Å²) < 4.78 is 15.7. The molecule has 2 heterocycles. The minimum absolute atomic E-state index is 0.581. The van der Waals surface area contributed by atoms with Crippen molar-refractivity contribution >= 4 is 5.91 Å². The van der Waals surface area contributed by atoms with Crippen LogP contribution >= 0.6 is 0 Å². The molecule has 0 aromatic carbocycles. The number of carbonyl (C=O) groups excluding carboxylic acids is 1. The van der Waals surface area contributed by atoms with Gasteiger partial charge in [-0.05, 0) is 0 Å². The summed E-state index contributed by atoms with van der Waals surface area (Å²) in [5, 5.41) is 70.7. The van der Waals surface area contributed by atoms with Crippen LogP contribution in [0.1, 0.15) is 6.92 Å². The summed E-state index contributed by atoms with van der Waals surface area (Å²) in [7, 11) is 0. The molecular formula is C14H25NO11. The molecule has 0 saturated carbocycles. The fourth-order valence-corrected chi connectivity index (χ4v) is 2.96. The smallest absolute Gasteiger partial charge is 0.217 e. The van der Waals surface area contributed by atoms with Gasteiger partial charge in [-0.2, -0.15) is 0 Å². The molecule has 2 rings (SSSR count). The van der Waals surface area contributed by atoms with Crippen molar-refractivity contribution in [2.75, 3.05) is 13.2 Å². The SMILES string of the molecule is CC(=O)N[C@H]1[C@H](O[C@H]2[C@@H](O)[C@H](O)[C@@H](CO)O[C@H]2O)O[C@H](CO)[C@@H](O)[C@@H]1O. The van der Waals surface area contributed by atoms with Crippen molar-refractivity contribution in [3.63, 3.8) is 0 Å². The van der Waals surface area contributed by atoms with Crippen molar-refractivity contribution in [2.45, 2.75) is 68.3 Å². The Bertz CT molecular complexity index is 480. The molecule has 2 fully saturated rings. The van der Waals surface area contributed by atoms with Gasteiger partial charge in [0, 0.05) is 6.92 Å². The lowest BCUT2D eigenvalue weighted by Crippen LogP contribution is -2.67. The molecule has 26 heavy (non-hydrogen) atoms. The number of amides is 1. The fourth-order valence-electron chi connectivity index (χ4n) is 2.96. The minimum Gasteiger partial charge on any atom is -0.394 e. The Morgan fingerprint density at radius 1 is 0.923 bits per heavy atom. The Morgan fingerprint density at radius 2 is 1.46 bits per heavy atom. The maximum atomic E-state index is 11.4. The fraction of sp³-hybridized carbons (Fsp3) is 0.929. The molecule has 8 N–H and O–H groups in total. The highest BCUT2D eigenvalue weighted by Gasteiger charge is 2.50. The van der Waals surface area contributed by atoms with Crippen molar-refractivity contribution in [3.05, 3.63) is 0 Å². The van der Waals surface area contributed by atoms with Gasteiger partial charge in [0.25, 0.3) is 0 Å². The number of carbonyl (C=O) groups is 1. The quantitative estimate of drug-likeness (QED) is 0.226. The van der Waals surface area contributed by atoms with Crippen LogP contribution in [0.3, 0.4) is 0 Å². The van der Waals surface area contributed by atoms with E-state index in [2.05, 4.69) is 5.32 Å². The average Bonchev–Trinajstić information content (AvgIpc) is 2.60. The number of aliphatic hydroxyl groups is 7. The first-order chi connectivity index (χ1) is 12.2. The van der Waals surface area contributed by atoms with E-state index in [4.69, 9.17) is 19.3 Å². The van der Waals surface area contributed by atoms with Gasteiger partial charge >= 0.3 is 0 Å². The second-order valence-electron chi connectivity index (χ2n) is 6.26. The van der Waals surface area contributed by atoms with E-state index >= 15 is 0 Å². The van der Waals surface area contributed by atoms with Crippen molar-refractivity contribution in [1.82, 2.24) is 5.32 Å². The Balaban J connectivity index is 2.18. The first-order valence-electron chi connectivity index (χ1n) is 8.06. The highest BCUT2D eigenvalue weighted by molar-refractivity contribution is 5.73. The van der Waals surface area contributed by atoms with Crippen LogP contribution in [0.5, 0.6) is 0 Å². The summed E-state index contributed by atoms with van der Waals surface area (Å²) in [6.45, 7) is -0.183. The second-order valence-corrected chi connectivity index (χ2v) is 6.26. The van der Waals surface area contributed by atoms with Crippen molar-refractivity contribution in [1.29, 1.82) is 0 Å². The topological polar surface area (TPSA) is 198 Å². The number of hydrogen-bond donors (Lipinski definition) is 8. The molecule has 2 aliphatic rings. The molecule has 10 atom stereocenters. The Labute approximate surface area is 148 Å². The molecule has 0 spiro atoms. The van der Waals surface area contributed by atoms with Gasteiger partial charge in [0.05, 0.1) is 13.2 Å². The lowest BCUT2D eigenvalue weighted by molar-refractivity contribution is -0.348. The highest BCUT2D eigenvalue weighted by atomic mass is 16.7. The van der Waals surface area contributed by atoms with Crippen LogP contribution in [0.2, 0.25) is 0 Å². The van der Waals surface area contributed by atoms with Gasteiger partial charge in [-0.3, -0.25) is 4.79 Å². The van der Waals surface area contributed by atoms with Crippen LogP contribution in [0.25, 0.3) is 0 Å².